The number of nitrogens with zero attached hydrogens (tertiary/aromatic N) is 2. The summed E-state index contributed by atoms with van der Waals surface area (Å²) in [7, 11) is 1.29. The number of nitrogens with one attached hydrogen (secondary N) is 1. The molecule has 1 aliphatic carbocycles. The van der Waals surface area contributed by atoms with E-state index >= 15 is 0 Å². The lowest BCUT2D eigenvalue weighted by Crippen LogP contribution is -2.14. The van der Waals surface area contributed by atoms with Gasteiger partial charge in [0.1, 0.15) is 18.1 Å². The van der Waals surface area contributed by atoms with Crippen LogP contribution in [0.5, 0.6) is 5.88 Å². The molecular formula is C30H26Cl2F3N3O4. The van der Waals surface area contributed by atoms with E-state index in [4.69, 9.17) is 37.2 Å². The van der Waals surface area contributed by atoms with Crippen molar-refractivity contribution in [3.05, 3.63) is 91.8 Å². The van der Waals surface area contributed by atoms with Crippen LogP contribution >= 0.6 is 23.2 Å². The molecule has 2 heterocycles. The Morgan fingerprint density at radius 3 is 2.36 bits per heavy atom. The van der Waals surface area contributed by atoms with E-state index in [0.717, 1.165) is 12.8 Å². The van der Waals surface area contributed by atoms with Crippen LogP contribution in [-0.2, 0) is 24.1 Å². The fraction of sp³-hybridized carbons (Fsp3) is 0.300. The molecule has 0 aliphatic heterocycles. The largest absolute Gasteiger partial charge is 0.473 e. The molecule has 1 saturated carbocycles. The topological polar surface area (TPSA) is 86.5 Å². The summed E-state index contributed by atoms with van der Waals surface area (Å²) in [6.07, 6.45) is -2.95. The molecule has 1 aliphatic rings. The summed E-state index contributed by atoms with van der Waals surface area (Å²) in [5, 5.41) is 7.71. The third kappa shape index (κ3) is 6.19. The number of halogens is 5. The van der Waals surface area contributed by atoms with Gasteiger partial charge in [0.25, 0.3) is 0 Å². The fourth-order valence-electron chi connectivity index (χ4n) is 4.85. The average molecular weight is 620 g/mol. The van der Waals surface area contributed by atoms with E-state index in [1.807, 2.05) is 0 Å². The lowest BCUT2D eigenvalue weighted by Gasteiger charge is -2.16. The summed E-state index contributed by atoms with van der Waals surface area (Å²) in [4.78, 5) is 15.8. The number of pyridine rings is 1. The van der Waals surface area contributed by atoms with Crippen LogP contribution in [0.1, 0.15) is 62.8 Å². The van der Waals surface area contributed by atoms with Crippen LogP contribution in [0.3, 0.4) is 0 Å². The zero-order chi connectivity index (χ0) is 30.2. The maximum absolute atomic E-state index is 14.1. The van der Waals surface area contributed by atoms with E-state index in [0.29, 0.717) is 54.9 Å². The second-order valence-electron chi connectivity index (χ2n) is 10.0. The van der Waals surface area contributed by atoms with E-state index < -0.39 is 17.8 Å². The van der Waals surface area contributed by atoms with Gasteiger partial charge in [0.2, 0.25) is 5.88 Å². The molecule has 42 heavy (non-hydrogen) atoms. The highest BCUT2D eigenvalue weighted by molar-refractivity contribution is 6.39. The van der Waals surface area contributed by atoms with Crippen LogP contribution in [0.2, 0.25) is 10.0 Å². The SMILES string of the molecule is COC(=O)c1c(C)cc(CNc2ccc(OCc3c(-c4c(Cl)cccc4Cl)noc3C3CC3)nc2C(F)(F)F)cc1C. The lowest BCUT2D eigenvalue weighted by molar-refractivity contribution is -0.140. The van der Waals surface area contributed by atoms with Gasteiger partial charge in [0, 0.05) is 24.1 Å². The van der Waals surface area contributed by atoms with Crippen molar-refractivity contribution in [2.45, 2.75) is 51.9 Å². The Kier molecular flexibility index (Phi) is 8.39. The first-order chi connectivity index (χ1) is 20.0. The fourth-order valence-corrected chi connectivity index (χ4v) is 5.43. The first-order valence-electron chi connectivity index (χ1n) is 13.0. The number of benzene rings is 2. The normalized spacial score (nSPS) is 13.2. The van der Waals surface area contributed by atoms with E-state index in [9.17, 15) is 18.0 Å². The average Bonchev–Trinajstić information content (AvgIpc) is 3.70. The third-order valence-corrected chi connectivity index (χ3v) is 7.56. The molecule has 4 aromatic rings. The molecule has 0 spiro atoms. The molecular weight excluding hydrogens is 594 g/mol. The molecule has 12 heteroatoms. The minimum atomic E-state index is -4.76. The van der Waals surface area contributed by atoms with E-state index in [1.54, 1.807) is 44.2 Å². The van der Waals surface area contributed by atoms with Crippen molar-refractivity contribution in [2.24, 2.45) is 0 Å². The van der Waals surface area contributed by atoms with Crippen LogP contribution in [0.15, 0.2) is 47.0 Å². The van der Waals surface area contributed by atoms with E-state index in [1.165, 1.54) is 19.2 Å². The number of hydrogen-bond acceptors (Lipinski definition) is 7. The minimum absolute atomic E-state index is 0.0709. The van der Waals surface area contributed by atoms with Crippen molar-refractivity contribution in [1.29, 1.82) is 0 Å². The van der Waals surface area contributed by atoms with Crippen LogP contribution in [0.25, 0.3) is 11.3 Å². The first kappa shape index (κ1) is 29.7. The van der Waals surface area contributed by atoms with Gasteiger partial charge in [0.15, 0.2) is 5.69 Å². The summed E-state index contributed by atoms with van der Waals surface area (Å²) < 4.78 is 58.4. The van der Waals surface area contributed by atoms with Gasteiger partial charge in [0.05, 0.1) is 34.0 Å². The molecule has 1 fully saturated rings. The number of rotatable bonds is 9. The number of ether oxygens (including phenoxy) is 2. The number of carbonyl (C=O) groups is 1. The van der Waals surface area contributed by atoms with Gasteiger partial charge in [-0.2, -0.15) is 13.2 Å². The van der Waals surface area contributed by atoms with Gasteiger partial charge in [-0.1, -0.05) is 46.6 Å². The van der Waals surface area contributed by atoms with Gasteiger partial charge in [-0.05, 0) is 61.6 Å². The molecule has 0 saturated heterocycles. The zero-order valence-electron chi connectivity index (χ0n) is 22.9. The van der Waals surface area contributed by atoms with Gasteiger partial charge in [-0.3, -0.25) is 0 Å². The number of anilines is 1. The van der Waals surface area contributed by atoms with Crippen LogP contribution in [0.4, 0.5) is 18.9 Å². The minimum Gasteiger partial charge on any atom is -0.473 e. The van der Waals surface area contributed by atoms with Crippen LogP contribution in [-0.4, -0.2) is 23.2 Å². The number of carbonyl (C=O) groups excluding carboxylic acids is 1. The van der Waals surface area contributed by atoms with Crippen molar-refractivity contribution in [3.63, 3.8) is 0 Å². The molecule has 7 nitrogen and oxygen atoms in total. The molecule has 1 N–H and O–H groups in total. The molecule has 5 rings (SSSR count). The molecule has 220 valence electrons. The Hall–Kier alpha value is -3.76. The van der Waals surface area contributed by atoms with Crippen molar-refractivity contribution < 1.29 is 32.0 Å². The summed E-state index contributed by atoms with van der Waals surface area (Å²) >= 11 is 12.8. The molecule has 0 radical (unpaired) electrons. The van der Waals surface area contributed by atoms with E-state index in [2.05, 4.69) is 15.5 Å². The van der Waals surface area contributed by atoms with Crippen molar-refractivity contribution in [2.75, 3.05) is 12.4 Å². The highest BCUT2D eigenvalue weighted by atomic mass is 35.5. The Labute approximate surface area is 249 Å². The number of esters is 1. The maximum Gasteiger partial charge on any atom is 0.435 e. The van der Waals surface area contributed by atoms with E-state index in [-0.39, 0.29) is 30.6 Å². The third-order valence-electron chi connectivity index (χ3n) is 6.93. The summed E-state index contributed by atoms with van der Waals surface area (Å²) in [5.74, 6) is 0.0480. The second kappa shape index (κ2) is 11.9. The first-order valence-corrected chi connectivity index (χ1v) is 13.8. The summed E-state index contributed by atoms with van der Waals surface area (Å²) in [5.41, 5.74) is 2.51. The number of hydrogen-bond donors (Lipinski definition) is 1. The van der Waals surface area contributed by atoms with Crippen LogP contribution in [0, 0.1) is 13.8 Å². The Balaban J connectivity index is 1.38. The van der Waals surface area contributed by atoms with Gasteiger partial charge >= 0.3 is 12.1 Å². The van der Waals surface area contributed by atoms with Gasteiger partial charge in [-0.15, -0.1) is 0 Å². The van der Waals surface area contributed by atoms with Crippen molar-refractivity contribution in [1.82, 2.24) is 10.1 Å². The molecule has 0 unspecified atom stereocenters. The maximum atomic E-state index is 14.1. The number of alkyl halides is 3. The molecule has 2 aromatic carbocycles. The highest BCUT2D eigenvalue weighted by Gasteiger charge is 2.37. The number of aryl methyl sites for hydroxylation is 2. The molecule has 0 atom stereocenters. The Bertz CT molecular complexity index is 1610. The Morgan fingerprint density at radius 1 is 1.10 bits per heavy atom. The predicted molar refractivity (Wildman–Crippen MR) is 152 cm³/mol. The predicted octanol–water partition coefficient (Wildman–Crippen LogP) is 8.53. The molecule has 2 aromatic heterocycles. The summed E-state index contributed by atoms with van der Waals surface area (Å²) in [6, 6.07) is 11.1. The lowest BCUT2D eigenvalue weighted by atomic mass is 9.99. The standard InChI is InChI=1S/C30H26Cl2F3N3O4/c1-15-11-17(12-16(2)24(15)29(39)40-3)13-36-22-9-10-23(37-28(22)30(33,34)35)41-14-19-26(38-42-27(19)18-7-8-18)25-20(31)5-4-6-21(25)32/h4-6,9-12,18,36H,7-8,13-14H2,1-3H3. The van der Waals surface area contributed by atoms with Gasteiger partial charge in [-0.25, -0.2) is 9.78 Å². The van der Waals surface area contributed by atoms with Crippen molar-refractivity contribution in [3.8, 4) is 17.1 Å². The monoisotopic (exact) mass is 619 g/mol. The molecule has 0 bridgehead atoms. The highest BCUT2D eigenvalue weighted by Crippen LogP contribution is 2.46. The Morgan fingerprint density at radius 2 is 1.76 bits per heavy atom. The van der Waals surface area contributed by atoms with Gasteiger partial charge < -0.3 is 19.3 Å². The molecule has 0 amide bonds. The second-order valence-corrected chi connectivity index (χ2v) is 10.8. The van der Waals surface area contributed by atoms with Crippen LogP contribution < -0.4 is 10.1 Å². The smallest absolute Gasteiger partial charge is 0.435 e. The summed E-state index contributed by atoms with van der Waals surface area (Å²) in [6.45, 7) is 3.41. The zero-order valence-corrected chi connectivity index (χ0v) is 24.4. The number of methoxy groups -OCH3 is 1. The van der Waals surface area contributed by atoms with Crippen molar-refractivity contribution >= 4 is 34.9 Å². The number of aromatic nitrogens is 2. The quantitative estimate of drug-likeness (QED) is 0.188.